The van der Waals surface area contributed by atoms with Crippen molar-refractivity contribution in [3.63, 3.8) is 0 Å². The largest absolute Gasteiger partial charge is 0.467 e. The van der Waals surface area contributed by atoms with Gasteiger partial charge in [0.15, 0.2) is 0 Å². The average molecular weight is 209 g/mol. The second kappa shape index (κ2) is 4.37. The van der Waals surface area contributed by atoms with Crippen molar-refractivity contribution in [1.29, 1.82) is 0 Å². The van der Waals surface area contributed by atoms with Gasteiger partial charge in [-0.1, -0.05) is 6.92 Å². The van der Waals surface area contributed by atoms with E-state index in [1.807, 2.05) is 12.1 Å². The molecule has 0 aromatic carbocycles. The Morgan fingerprint density at radius 3 is 2.73 bits per heavy atom. The third kappa shape index (κ3) is 2.24. The van der Waals surface area contributed by atoms with E-state index in [0.29, 0.717) is 12.0 Å². The Hall–Kier alpha value is -0.800. The first-order chi connectivity index (χ1) is 7.18. The van der Waals surface area contributed by atoms with Crippen molar-refractivity contribution in [3.05, 3.63) is 24.2 Å². The minimum absolute atomic E-state index is 0.0346. The van der Waals surface area contributed by atoms with E-state index < -0.39 is 0 Å². The molecule has 1 aromatic heterocycles. The molecule has 1 aliphatic heterocycles. The lowest BCUT2D eigenvalue weighted by molar-refractivity contribution is 0.0192. The molecule has 1 aromatic rings. The summed E-state index contributed by atoms with van der Waals surface area (Å²) in [6, 6.07) is 4.66. The van der Waals surface area contributed by atoms with E-state index in [4.69, 9.17) is 9.15 Å². The zero-order chi connectivity index (χ0) is 10.8. The number of nitrogens with one attached hydrogen (secondary N) is 1. The summed E-state index contributed by atoms with van der Waals surface area (Å²) in [7, 11) is 0. The van der Waals surface area contributed by atoms with Crippen LogP contribution in [0, 0.1) is 5.92 Å². The highest BCUT2D eigenvalue weighted by Gasteiger charge is 2.29. The summed E-state index contributed by atoms with van der Waals surface area (Å²) in [5.74, 6) is 1.45. The van der Waals surface area contributed by atoms with Gasteiger partial charge in [0, 0.05) is 12.1 Å². The summed E-state index contributed by atoms with van der Waals surface area (Å²) in [4.78, 5) is 0. The SMILES string of the molecule is CC1COC(c2ccco2)C(C)NC1C. The molecule has 0 bridgehead atoms. The second-order valence-electron chi connectivity index (χ2n) is 4.49. The minimum Gasteiger partial charge on any atom is -0.467 e. The summed E-state index contributed by atoms with van der Waals surface area (Å²) >= 11 is 0. The van der Waals surface area contributed by atoms with E-state index in [0.717, 1.165) is 12.4 Å². The molecule has 4 unspecified atom stereocenters. The van der Waals surface area contributed by atoms with Crippen LogP contribution in [0.15, 0.2) is 22.8 Å². The lowest BCUT2D eigenvalue weighted by Gasteiger charge is -2.21. The second-order valence-corrected chi connectivity index (χ2v) is 4.49. The standard InChI is InChI=1S/C12H19NO2/c1-8-7-15-12(10(3)13-9(8)2)11-5-4-6-14-11/h4-6,8-10,12-13H,7H2,1-3H3. The highest BCUT2D eigenvalue weighted by molar-refractivity contribution is 5.05. The number of furan rings is 1. The van der Waals surface area contributed by atoms with Crippen LogP contribution in [-0.4, -0.2) is 18.7 Å². The van der Waals surface area contributed by atoms with Gasteiger partial charge in [-0.3, -0.25) is 0 Å². The molecule has 0 spiro atoms. The first-order valence-electron chi connectivity index (χ1n) is 5.59. The van der Waals surface area contributed by atoms with E-state index in [9.17, 15) is 0 Å². The molecule has 0 amide bonds. The quantitative estimate of drug-likeness (QED) is 0.771. The van der Waals surface area contributed by atoms with Crippen molar-refractivity contribution in [3.8, 4) is 0 Å². The van der Waals surface area contributed by atoms with Gasteiger partial charge in [0.2, 0.25) is 0 Å². The number of ether oxygens (including phenoxy) is 1. The van der Waals surface area contributed by atoms with Crippen molar-refractivity contribution in [2.75, 3.05) is 6.61 Å². The van der Waals surface area contributed by atoms with Gasteiger partial charge >= 0.3 is 0 Å². The van der Waals surface area contributed by atoms with E-state index >= 15 is 0 Å². The molecule has 4 atom stereocenters. The molecule has 2 heterocycles. The van der Waals surface area contributed by atoms with Gasteiger partial charge in [0.05, 0.1) is 12.9 Å². The van der Waals surface area contributed by atoms with Gasteiger partial charge in [-0.25, -0.2) is 0 Å². The predicted molar refractivity (Wildman–Crippen MR) is 58.6 cm³/mol. The van der Waals surface area contributed by atoms with Gasteiger partial charge in [0.25, 0.3) is 0 Å². The van der Waals surface area contributed by atoms with Gasteiger partial charge in [-0.15, -0.1) is 0 Å². The molecule has 84 valence electrons. The molecule has 3 nitrogen and oxygen atoms in total. The molecule has 2 rings (SSSR count). The normalized spacial score (nSPS) is 37.5. The molecule has 3 heteroatoms. The number of rotatable bonds is 1. The third-order valence-corrected chi connectivity index (χ3v) is 3.20. The maximum Gasteiger partial charge on any atom is 0.134 e. The van der Waals surface area contributed by atoms with Crippen molar-refractivity contribution >= 4 is 0 Å². The van der Waals surface area contributed by atoms with Crippen molar-refractivity contribution < 1.29 is 9.15 Å². The first kappa shape index (κ1) is 10.7. The molecular weight excluding hydrogens is 190 g/mol. The van der Waals surface area contributed by atoms with E-state index in [1.165, 1.54) is 0 Å². The molecule has 15 heavy (non-hydrogen) atoms. The van der Waals surface area contributed by atoms with Crippen LogP contribution >= 0.6 is 0 Å². The Morgan fingerprint density at radius 1 is 1.27 bits per heavy atom. The zero-order valence-electron chi connectivity index (χ0n) is 9.57. The maximum absolute atomic E-state index is 5.89. The highest BCUT2D eigenvalue weighted by Crippen LogP contribution is 2.26. The van der Waals surface area contributed by atoms with Crippen LogP contribution in [0.3, 0.4) is 0 Å². The van der Waals surface area contributed by atoms with Crippen LogP contribution < -0.4 is 5.32 Å². The molecule has 0 radical (unpaired) electrons. The minimum atomic E-state index is 0.0346. The molecule has 0 saturated carbocycles. The van der Waals surface area contributed by atoms with Gasteiger partial charge in [0.1, 0.15) is 11.9 Å². The fourth-order valence-electron chi connectivity index (χ4n) is 1.99. The van der Waals surface area contributed by atoms with Crippen molar-refractivity contribution in [1.82, 2.24) is 5.32 Å². The van der Waals surface area contributed by atoms with Gasteiger partial charge in [-0.05, 0) is 31.9 Å². The summed E-state index contributed by atoms with van der Waals surface area (Å²) in [5, 5.41) is 3.54. The lowest BCUT2D eigenvalue weighted by Crippen LogP contribution is -2.39. The Kier molecular flexibility index (Phi) is 3.12. The Balaban J connectivity index is 2.13. The predicted octanol–water partition coefficient (Wildman–Crippen LogP) is 2.35. The molecule has 0 aliphatic carbocycles. The van der Waals surface area contributed by atoms with Crippen LogP contribution in [0.25, 0.3) is 0 Å². The molecule has 1 fully saturated rings. The molecule has 1 N–H and O–H groups in total. The summed E-state index contributed by atoms with van der Waals surface area (Å²) in [6.45, 7) is 7.33. The topological polar surface area (TPSA) is 34.4 Å². The smallest absolute Gasteiger partial charge is 0.134 e. The van der Waals surface area contributed by atoms with Crippen molar-refractivity contribution in [2.24, 2.45) is 5.92 Å². The van der Waals surface area contributed by atoms with Gasteiger partial charge < -0.3 is 14.5 Å². The monoisotopic (exact) mass is 209 g/mol. The van der Waals surface area contributed by atoms with Gasteiger partial charge in [-0.2, -0.15) is 0 Å². The first-order valence-corrected chi connectivity index (χ1v) is 5.59. The average Bonchev–Trinajstić information content (AvgIpc) is 2.67. The van der Waals surface area contributed by atoms with Crippen molar-refractivity contribution in [2.45, 2.75) is 39.0 Å². The number of hydrogen-bond donors (Lipinski definition) is 1. The lowest BCUT2D eigenvalue weighted by atomic mass is 10.0. The van der Waals surface area contributed by atoms with Crippen LogP contribution in [-0.2, 0) is 4.74 Å². The van der Waals surface area contributed by atoms with Crippen LogP contribution in [0.2, 0.25) is 0 Å². The Labute approximate surface area is 90.8 Å². The van der Waals surface area contributed by atoms with Crippen LogP contribution in [0.5, 0.6) is 0 Å². The number of hydrogen-bond acceptors (Lipinski definition) is 3. The molecular formula is C12H19NO2. The zero-order valence-corrected chi connectivity index (χ0v) is 9.57. The molecule has 1 saturated heterocycles. The molecule has 1 aliphatic rings. The highest BCUT2D eigenvalue weighted by atomic mass is 16.5. The third-order valence-electron chi connectivity index (χ3n) is 3.20. The van der Waals surface area contributed by atoms with Crippen LogP contribution in [0.1, 0.15) is 32.6 Å². The summed E-state index contributed by atoms with van der Waals surface area (Å²) in [6.07, 6.45) is 1.73. The Bertz CT molecular complexity index is 297. The van der Waals surface area contributed by atoms with E-state index in [2.05, 4.69) is 26.1 Å². The van der Waals surface area contributed by atoms with Crippen LogP contribution in [0.4, 0.5) is 0 Å². The Morgan fingerprint density at radius 2 is 2.07 bits per heavy atom. The summed E-state index contributed by atoms with van der Waals surface area (Å²) in [5.41, 5.74) is 0. The summed E-state index contributed by atoms with van der Waals surface area (Å²) < 4.78 is 11.3. The maximum atomic E-state index is 5.89. The van der Waals surface area contributed by atoms with E-state index in [1.54, 1.807) is 6.26 Å². The van der Waals surface area contributed by atoms with E-state index in [-0.39, 0.29) is 12.1 Å². The fraction of sp³-hybridized carbons (Fsp3) is 0.667. The fourth-order valence-corrected chi connectivity index (χ4v) is 1.99.